The van der Waals surface area contributed by atoms with Gasteiger partial charge in [0.25, 0.3) is 0 Å². The standard InChI is InChI=1S/C32H30F7N3O3/c1-2-3-14-42-25(28(31(35,36)37)40-29(42)23-9-5-4-6-10-23)19-41(18-22-12-13-26-27(16-22)44-20-43-26)17-21-8-7-11-24(15-21)45-32(38,39)30(33)34/h4-13,15-16,30H,2-3,14,17-20H2,1H3. The summed E-state index contributed by atoms with van der Waals surface area (Å²) in [5.74, 6) is 0.683. The topological polar surface area (TPSA) is 48.8 Å². The predicted octanol–water partition coefficient (Wildman–Crippen LogP) is 8.54. The van der Waals surface area contributed by atoms with E-state index in [-0.39, 0.29) is 44.5 Å². The van der Waals surface area contributed by atoms with Gasteiger partial charge < -0.3 is 18.8 Å². The zero-order valence-corrected chi connectivity index (χ0v) is 24.2. The van der Waals surface area contributed by atoms with Crippen LogP contribution in [0.25, 0.3) is 11.4 Å². The lowest BCUT2D eigenvalue weighted by atomic mass is 10.1. The highest BCUT2D eigenvalue weighted by Gasteiger charge is 2.44. The second kappa shape index (κ2) is 13.4. The van der Waals surface area contributed by atoms with Crippen molar-refractivity contribution in [3.63, 3.8) is 0 Å². The van der Waals surface area contributed by atoms with Crippen LogP contribution in [-0.4, -0.2) is 33.8 Å². The molecule has 4 aromatic rings. The van der Waals surface area contributed by atoms with Gasteiger partial charge in [0.15, 0.2) is 17.2 Å². The van der Waals surface area contributed by atoms with E-state index in [1.54, 1.807) is 64.1 Å². The van der Waals surface area contributed by atoms with Crippen LogP contribution in [0.2, 0.25) is 0 Å². The van der Waals surface area contributed by atoms with E-state index in [9.17, 15) is 30.7 Å². The molecule has 5 rings (SSSR count). The third kappa shape index (κ3) is 7.70. The lowest BCUT2D eigenvalue weighted by molar-refractivity contribution is -0.253. The van der Waals surface area contributed by atoms with Gasteiger partial charge >= 0.3 is 18.7 Å². The van der Waals surface area contributed by atoms with Gasteiger partial charge in [-0.3, -0.25) is 4.90 Å². The Labute approximate surface area is 255 Å². The minimum absolute atomic E-state index is 0.0341. The van der Waals surface area contributed by atoms with E-state index in [1.807, 2.05) is 6.92 Å². The first-order valence-corrected chi connectivity index (χ1v) is 14.2. The molecule has 0 atom stereocenters. The molecule has 0 unspecified atom stereocenters. The summed E-state index contributed by atoms with van der Waals surface area (Å²) in [5.41, 5.74) is 0.480. The summed E-state index contributed by atoms with van der Waals surface area (Å²) in [4.78, 5) is 5.78. The molecule has 3 aromatic carbocycles. The van der Waals surface area contributed by atoms with Crippen molar-refractivity contribution in [2.24, 2.45) is 0 Å². The number of imidazole rings is 1. The van der Waals surface area contributed by atoms with Crippen LogP contribution in [0.3, 0.4) is 0 Å². The number of alkyl halides is 7. The second-order valence-electron chi connectivity index (χ2n) is 10.5. The maximum atomic E-state index is 14.5. The monoisotopic (exact) mass is 637 g/mol. The molecule has 45 heavy (non-hydrogen) atoms. The summed E-state index contributed by atoms with van der Waals surface area (Å²) in [6, 6.07) is 18.9. The maximum Gasteiger partial charge on any atom is 0.461 e. The molecule has 240 valence electrons. The van der Waals surface area contributed by atoms with Crippen molar-refractivity contribution >= 4 is 0 Å². The van der Waals surface area contributed by atoms with Crippen molar-refractivity contribution in [1.82, 2.24) is 14.5 Å². The first-order chi connectivity index (χ1) is 21.4. The molecule has 13 heteroatoms. The molecule has 1 aliphatic heterocycles. The van der Waals surface area contributed by atoms with Crippen LogP contribution in [0.5, 0.6) is 17.2 Å². The fourth-order valence-corrected chi connectivity index (χ4v) is 5.08. The van der Waals surface area contributed by atoms with Gasteiger partial charge in [-0.25, -0.2) is 4.98 Å². The zero-order chi connectivity index (χ0) is 32.2. The SMILES string of the molecule is CCCCn1c(-c2ccccc2)nc(C(F)(F)F)c1CN(Cc1cccc(OC(F)(F)C(F)F)c1)Cc1ccc2c(c1)OCO2. The first-order valence-electron chi connectivity index (χ1n) is 14.2. The number of rotatable bonds is 13. The third-order valence-corrected chi connectivity index (χ3v) is 7.14. The van der Waals surface area contributed by atoms with Crippen molar-refractivity contribution in [2.45, 2.75) is 64.7 Å². The fourth-order valence-electron chi connectivity index (χ4n) is 5.08. The Kier molecular flexibility index (Phi) is 9.56. The largest absolute Gasteiger partial charge is 0.461 e. The number of unbranched alkanes of at least 4 members (excludes halogenated alkanes) is 1. The number of nitrogens with zero attached hydrogens (tertiary/aromatic N) is 3. The van der Waals surface area contributed by atoms with Crippen molar-refractivity contribution in [3.05, 3.63) is 95.3 Å². The normalized spacial score (nSPS) is 13.2. The fraction of sp³-hybridized carbons (Fsp3) is 0.344. The molecule has 0 amide bonds. The van der Waals surface area contributed by atoms with Crippen LogP contribution < -0.4 is 14.2 Å². The summed E-state index contributed by atoms with van der Waals surface area (Å²) in [6.45, 7) is 2.09. The minimum Gasteiger partial charge on any atom is -0.454 e. The molecule has 0 saturated heterocycles. The first kappa shape index (κ1) is 32.1. The molecule has 2 heterocycles. The highest BCUT2D eigenvalue weighted by Crippen LogP contribution is 2.37. The Hall–Kier alpha value is -4.26. The quantitative estimate of drug-likeness (QED) is 0.138. The average Bonchev–Trinajstić information content (AvgIpc) is 3.61. The van der Waals surface area contributed by atoms with Crippen LogP contribution in [0.15, 0.2) is 72.8 Å². The molecule has 0 spiro atoms. The number of hydrogen-bond acceptors (Lipinski definition) is 5. The van der Waals surface area contributed by atoms with Gasteiger partial charge in [-0.15, -0.1) is 0 Å². The molecule has 0 saturated carbocycles. The molecule has 1 aliphatic rings. The number of benzene rings is 3. The van der Waals surface area contributed by atoms with Crippen LogP contribution in [0, 0.1) is 0 Å². The Bertz CT molecular complexity index is 1590. The van der Waals surface area contributed by atoms with Crippen molar-refractivity contribution in [1.29, 1.82) is 0 Å². The average molecular weight is 638 g/mol. The van der Waals surface area contributed by atoms with E-state index >= 15 is 0 Å². The van der Waals surface area contributed by atoms with E-state index in [2.05, 4.69) is 9.72 Å². The Morgan fingerprint density at radius 1 is 0.867 bits per heavy atom. The van der Waals surface area contributed by atoms with E-state index < -0.39 is 30.2 Å². The molecular formula is C32H30F7N3O3. The van der Waals surface area contributed by atoms with Crippen LogP contribution in [0.1, 0.15) is 42.3 Å². The predicted molar refractivity (Wildman–Crippen MR) is 151 cm³/mol. The minimum atomic E-state index is -4.77. The van der Waals surface area contributed by atoms with Gasteiger partial charge in [-0.05, 0) is 41.8 Å². The van der Waals surface area contributed by atoms with Gasteiger partial charge in [-0.1, -0.05) is 61.9 Å². The van der Waals surface area contributed by atoms with Crippen LogP contribution >= 0.6 is 0 Å². The summed E-state index contributed by atoms with van der Waals surface area (Å²) in [7, 11) is 0. The highest BCUT2D eigenvalue weighted by atomic mass is 19.4. The maximum absolute atomic E-state index is 14.5. The highest BCUT2D eigenvalue weighted by molar-refractivity contribution is 5.57. The summed E-state index contributed by atoms with van der Waals surface area (Å²) in [6.07, 6.45) is -12.2. The Morgan fingerprint density at radius 3 is 2.27 bits per heavy atom. The van der Waals surface area contributed by atoms with Crippen LogP contribution in [0.4, 0.5) is 30.7 Å². The number of ether oxygens (including phenoxy) is 3. The van der Waals surface area contributed by atoms with Gasteiger partial charge in [-0.2, -0.15) is 30.7 Å². The van der Waals surface area contributed by atoms with Gasteiger partial charge in [0.05, 0.1) is 5.69 Å². The van der Waals surface area contributed by atoms with E-state index in [1.165, 1.54) is 6.07 Å². The number of fused-ring (bicyclic) bond motifs is 1. The molecule has 0 fully saturated rings. The molecule has 1 aromatic heterocycles. The Morgan fingerprint density at radius 2 is 1.58 bits per heavy atom. The second-order valence-corrected chi connectivity index (χ2v) is 10.5. The zero-order valence-electron chi connectivity index (χ0n) is 24.2. The molecule has 0 radical (unpaired) electrons. The van der Waals surface area contributed by atoms with E-state index in [0.29, 0.717) is 34.6 Å². The van der Waals surface area contributed by atoms with Crippen molar-refractivity contribution in [3.8, 4) is 28.6 Å². The Balaban J connectivity index is 1.55. The molecule has 0 bridgehead atoms. The van der Waals surface area contributed by atoms with Crippen molar-refractivity contribution in [2.75, 3.05) is 6.79 Å². The molecule has 0 aliphatic carbocycles. The lowest BCUT2D eigenvalue weighted by Gasteiger charge is -2.25. The molecular weight excluding hydrogens is 607 g/mol. The van der Waals surface area contributed by atoms with Gasteiger partial charge in [0.2, 0.25) is 6.79 Å². The molecule has 0 N–H and O–H groups in total. The molecule has 6 nitrogen and oxygen atoms in total. The smallest absolute Gasteiger partial charge is 0.454 e. The summed E-state index contributed by atoms with van der Waals surface area (Å²) in [5, 5.41) is 0. The van der Waals surface area contributed by atoms with E-state index in [4.69, 9.17) is 9.47 Å². The van der Waals surface area contributed by atoms with Gasteiger partial charge in [0.1, 0.15) is 11.6 Å². The van der Waals surface area contributed by atoms with Crippen LogP contribution in [-0.2, 0) is 32.4 Å². The summed E-state index contributed by atoms with van der Waals surface area (Å²) < 4.78 is 113. The van der Waals surface area contributed by atoms with E-state index in [0.717, 1.165) is 18.6 Å². The summed E-state index contributed by atoms with van der Waals surface area (Å²) >= 11 is 0. The third-order valence-electron chi connectivity index (χ3n) is 7.14. The number of hydrogen-bond donors (Lipinski definition) is 0. The lowest BCUT2D eigenvalue weighted by Crippen LogP contribution is -2.33. The van der Waals surface area contributed by atoms with Gasteiger partial charge in [0, 0.05) is 31.7 Å². The number of aromatic nitrogens is 2. The number of halogens is 7. The van der Waals surface area contributed by atoms with Crippen molar-refractivity contribution < 1.29 is 44.9 Å².